The molecule has 3 nitrogen and oxygen atoms in total. The largest absolute Gasteiger partial charge is 0.497 e. The summed E-state index contributed by atoms with van der Waals surface area (Å²) in [5, 5.41) is 0. The van der Waals surface area contributed by atoms with Crippen molar-refractivity contribution in [3.05, 3.63) is 29.8 Å². The predicted octanol–water partition coefficient (Wildman–Crippen LogP) is 2.33. The summed E-state index contributed by atoms with van der Waals surface area (Å²) in [4.78, 5) is 2.50. The number of benzene rings is 1. The fourth-order valence-corrected chi connectivity index (χ4v) is 2.82. The van der Waals surface area contributed by atoms with E-state index in [1.165, 1.54) is 5.56 Å². The first kappa shape index (κ1) is 13.1. The average Bonchev–Trinajstić information content (AvgIpc) is 2.40. The molecule has 0 unspecified atom stereocenters. The minimum absolute atomic E-state index is 0.548. The van der Waals surface area contributed by atoms with E-state index in [0.29, 0.717) is 6.04 Å². The van der Waals surface area contributed by atoms with Crippen LogP contribution in [0.2, 0.25) is 0 Å². The molecule has 1 aliphatic rings. The van der Waals surface area contributed by atoms with E-state index in [9.17, 15) is 0 Å². The third-order valence-corrected chi connectivity index (χ3v) is 4.09. The lowest BCUT2D eigenvalue weighted by atomic mass is 10.1. The second kappa shape index (κ2) is 6.56. The van der Waals surface area contributed by atoms with E-state index in [1.807, 2.05) is 12.1 Å². The van der Waals surface area contributed by atoms with Crippen molar-refractivity contribution < 1.29 is 9.47 Å². The molecule has 1 aromatic rings. The van der Waals surface area contributed by atoms with Crippen LogP contribution in [0.4, 0.5) is 0 Å². The number of nitrogens with zero attached hydrogens (tertiary/aromatic N) is 1. The number of rotatable bonds is 4. The zero-order valence-corrected chi connectivity index (χ0v) is 12.2. The van der Waals surface area contributed by atoms with E-state index >= 15 is 0 Å². The highest BCUT2D eigenvalue weighted by atomic mass is 127. The van der Waals surface area contributed by atoms with Gasteiger partial charge in [-0.3, -0.25) is 4.90 Å². The summed E-state index contributed by atoms with van der Waals surface area (Å²) in [6.07, 6.45) is 0. The topological polar surface area (TPSA) is 21.7 Å². The number of ether oxygens (including phenoxy) is 2. The highest BCUT2D eigenvalue weighted by Gasteiger charge is 2.21. The molecule has 17 heavy (non-hydrogen) atoms. The normalized spacial score (nSPS) is 21.4. The number of hydrogen-bond donors (Lipinski definition) is 0. The Bertz CT molecular complexity index is 342. The Morgan fingerprint density at radius 1 is 1.41 bits per heavy atom. The van der Waals surface area contributed by atoms with Crippen molar-refractivity contribution >= 4 is 22.6 Å². The van der Waals surface area contributed by atoms with E-state index < -0.39 is 0 Å². The van der Waals surface area contributed by atoms with Crippen LogP contribution in [0.5, 0.6) is 5.75 Å². The van der Waals surface area contributed by atoms with E-state index in [2.05, 4.69) is 39.6 Å². The molecule has 0 radical (unpaired) electrons. The van der Waals surface area contributed by atoms with Gasteiger partial charge in [-0.05, 0) is 17.7 Å². The van der Waals surface area contributed by atoms with Gasteiger partial charge in [0.2, 0.25) is 0 Å². The summed E-state index contributed by atoms with van der Waals surface area (Å²) in [5.41, 5.74) is 1.34. The Hall–Kier alpha value is -0.330. The molecule has 0 spiro atoms. The fourth-order valence-electron chi connectivity index (χ4n) is 2.00. The van der Waals surface area contributed by atoms with Crippen LogP contribution < -0.4 is 4.74 Å². The number of alkyl halides is 1. The van der Waals surface area contributed by atoms with Gasteiger partial charge in [0, 0.05) is 23.6 Å². The summed E-state index contributed by atoms with van der Waals surface area (Å²) in [6.45, 7) is 3.74. The first-order valence-corrected chi connectivity index (χ1v) is 7.36. The van der Waals surface area contributed by atoms with Gasteiger partial charge in [0.05, 0.1) is 20.3 Å². The van der Waals surface area contributed by atoms with Crippen LogP contribution in [0.3, 0.4) is 0 Å². The summed E-state index contributed by atoms with van der Waals surface area (Å²) >= 11 is 2.43. The van der Waals surface area contributed by atoms with Gasteiger partial charge in [-0.15, -0.1) is 0 Å². The summed E-state index contributed by atoms with van der Waals surface area (Å²) in [5.74, 6) is 0.918. The summed E-state index contributed by atoms with van der Waals surface area (Å²) in [6, 6.07) is 8.87. The Morgan fingerprint density at radius 3 is 2.82 bits per heavy atom. The quantitative estimate of drug-likeness (QED) is 0.617. The van der Waals surface area contributed by atoms with E-state index in [0.717, 1.165) is 36.5 Å². The first-order chi connectivity index (χ1) is 8.33. The van der Waals surface area contributed by atoms with Gasteiger partial charge in [0.25, 0.3) is 0 Å². The highest BCUT2D eigenvalue weighted by molar-refractivity contribution is 14.1. The fraction of sp³-hybridized carbons (Fsp3) is 0.538. The second-order valence-corrected chi connectivity index (χ2v) is 5.08. The van der Waals surface area contributed by atoms with Crippen molar-refractivity contribution in [1.29, 1.82) is 0 Å². The molecule has 0 aromatic heterocycles. The van der Waals surface area contributed by atoms with Gasteiger partial charge >= 0.3 is 0 Å². The van der Waals surface area contributed by atoms with Gasteiger partial charge in [-0.25, -0.2) is 0 Å². The van der Waals surface area contributed by atoms with Gasteiger partial charge in [0.1, 0.15) is 5.75 Å². The average molecular weight is 347 g/mol. The van der Waals surface area contributed by atoms with Crippen molar-refractivity contribution in [1.82, 2.24) is 4.90 Å². The van der Waals surface area contributed by atoms with Crippen molar-refractivity contribution in [2.75, 3.05) is 31.3 Å². The van der Waals surface area contributed by atoms with E-state index in [-0.39, 0.29) is 0 Å². The maximum Gasteiger partial charge on any atom is 0.118 e. The third-order valence-electron chi connectivity index (χ3n) is 3.07. The molecule has 94 valence electrons. The monoisotopic (exact) mass is 347 g/mol. The predicted molar refractivity (Wildman–Crippen MR) is 76.9 cm³/mol. The molecule has 0 N–H and O–H groups in total. The SMILES string of the molecule is COc1ccc(CN2CCOC[C@@H]2CI)cc1. The minimum atomic E-state index is 0.548. The lowest BCUT2D eigenvalue weighted by Crippen LogP contribution is -2.45. The maximum atomic E-state index is 5.51. The Labute approximate surface area is 116 Å². The van der Waals surface area contributed by atoms with Crippen LogP contribution in [0.15, 0.2) is 24.3 Å². The number of morpholine rings is 1. The van der Waals surface area contributed by atoms with Crippen LogP contribution in [-0.2, 0) is 11.3 Å². The molecule has 0 saturated carbocycles. The van der Waals surface area contributed by atoms with Crippen LogP contribution in [-0.4, -0.2) is 42.2 Å². The molecular formula is C13H18INO2. The van der Waals surface area contributed by atoms with Gasteiger partial charge < -0.3 is 9.47 Å². The lowest BCUT2D eigenvalue weighted by Gasteiger charge is -2.34. The van der Waals surface area contributed by atoms with Crippen LogP contribution in [0.1, 0.15) is 5.56 Å². The molecule has 1 heterocycles. The molecule has 1 saturated heterocycles. The molecule has 4 heteroatoms. The Balaban J connectivity index is 1.98. The highest BCUT2D eigenvalue weighted by Crippen LogP contribution is 2.16. The van der Waals surface area contributed by atoms with Gasteiger partial charge in [-0.2, -0.15) is 0 Å². The molecule has 0 aliphatic carbocycles. The lowest BCUT2D eigenvalue weighted by molar-refractivity contribution is -0.00152. The summed E-state index contributed by atoms with van der Waals surface area (Å²) < 4.78 is 11.8. The van der Waals surface area contributed by atoms with Crippen LogP contribution >= 0.6 is 22.6 Å². The van der Waals surface area contributed by atoms with Crippen molar-refractivity contribution in [2.24, 2.45) is 0 Å². The molecular weight excluding hydrogens is 329 g/mol. The van der Waals surface area contributed by atoms with Crippen LogP contribution in [0, 0.1) is 0 Å². The smallest absolute Gasteiger partial charge is 0.118 e. The molecule has 1 atom stereocenters. The van der Waals surface area contributed by atoms with Gasteiger partial charge in [-0.1, -0.05) is 34.7 Å². The summed E-state index contributed by atoms with van der Waals surface area (Å²) in [7, 11) is 1.70. The van der Waals surface area contributed by atoms with E-state index in [4.69, 9.17) is 9.47 Å². The molecule has 2 rings (SSSR count). The third kappa shape index (κ3) is 3.56. The molecule has 1 aliphatic heterocycles. The van der Waals surface area contributed by atoms with Crippen LogP contribution in [0.25, 0.3) is 0 Å². The van der Waals surface area contributed by atoms with Crippen molar-refractivity contribution in [3.8, 4) is 5.75 Å². The minimum Gasteiger partial charge on any atom is -0.497 e. The van der Waals surface area contributed by atoms with E-state index in [1.54, 1.807) is 7.11 Å². The molecule has 0 bridgehead atoms. The second-order valence-electron chi connectivity index (χ2n) is 4.20. The molecule has 1 fully saturated rings. The Morgan fingerprint density at radius 2 is 2.18 bits per heavy atom. The van der Waals surface area contributed by atoms with Crippen molar-refractivity contribution in [3.63, 3.8) is 0 Å². The van der Waals surface area contributed by atoms with Crippen molar-refractivity contribution in [2.45, 2.75) is 12.6 Å². The number of methoxy groups -OCH3 is 1. The zero-order chi connectivity index (χ0) is 12.1. The molecule has 0 amide bonds. The van der Waals surface area contributed by atoms with Gasteiger partial charge in [0.15, 0.2) is 0 Å². The Kier molecular flexibility index (Phi) is 5.06. The number of halogens is 1. The number of hydrogen-bond acceptors (Lipinski definition) is 3. The standard InChI is InChI=1S/C13H18INO2/c1-16-13-4-2-11(3-5-13)9-15-6-7-17-10-12(15)8-14/h2-5,12H,6-10H2,1H3/t12-/m0/s1. The maximum absolute atomic E-state index is 5.51. The zero-order valence-electron chi connectivity index (χ0n) is 10.1. The first-order valence-electron chi connectivity index (χ1n) is 5.84. The molecule has 1 aromatic carbocycles.